The summed E-state index contributed by atoms with van der Waals surface area (Å²) in [4.78, 5) is 11.4. The molecule has 1 heteroatoms. The summed E-state index contributed by atoms with van der Waals surface area (Å²) in [6.07, 6.45) is 13.3. The Hall–Kier alpha value is -1.03. The standard InChI is InChI=1S/C14H18O/c1-3-4-8-14-9-7-13(15)10-12(14)6-5-11(14)2/h1,10-11H,4-9H2,2H3/t11-,14+/m1/s1. The summed E-state index contributed by atoms with van der Waals surface area (Å²) in [5.74, 6) is 3.76. The number of carbonyl (C=O) groups excluding carboxylic acids is 1. The van der Waals surface area contributed by atoms with E-state index in [0.29, 0.717) is 11.7 Å². The van der Waals surface area contributed by atoms with Gasteiger partial charge in [0.2, 0.25) is 0 Å². The van der Waals surface area contributed by atoms with Crippen molar-refractivity contribution in [3.63, 3.8) is 0 Å². The number of carbonyl (C=O) groups is 1. The van der Waals surface area contributed by atoms with E-state index in [4.69, 9.17) is 6.42 Å². The maximum atomic E-state index is 11.4. The third-order valence-corrected chi connectivity index (χ3v) is 4.30. The predicted molar refractivity (Wildman–Crippen MR) is 61.2 cm³/mol. The summed E-state index contributed by atoms with van der Waals surface area (Å²) in [6, 6.07) is 0. The van der Waals surface area contributed by atoms with Gasteiger partial charge in [0.1, 0.15) is 0 Å². The predicted octanol–water partition coefficient (Wildman–Crippen LogP) is 3.11. The van der Waals surface area contributed by atoms with Crippen LogP contribution < -0.4 is 0 Å². The van der Waals surface area contributed by atoms with E-state index in [-0.39, 0.29) is 5.41 Å². The molecular weight excluding hydrogens is 184 g/mol. The molecule has 0 bridgehead atoms. The lowest BCUT2D eigenvalue weighted by Gasteiger charge is -2.37. The minimum atomic E-state index is 0.278. The van der Waals surface area contributed by atoms with Crippen LogP contribution >= 0.6 is 0 Å². The van der Waals surface area contributed by atoms with Crippen LogP contribution in [-0.2, 0) is 4.79 Å². The molecule has 80 valence electrons. The molecule has 15 heavy (non-hydrogen) atoms. The molecule has 0 aromatic carbocycles. The highest BCUT2D eigenvalue weighted by Gasteiger charge is 2.45. The molecule has 0 aromatic heterocycles. The van der Waals surface area contributed by atoms with Gasteiger partial charge >= 0.3 is 0 Å². The minimum Gasteiger partial charge on any atom is -0.295 e. The smallest absolute Gasteiger partial charge is 0.155 e. The molecule has 0 saturated heterocycles. The lowest BCUT2D eigenvalue weighted by Crippen LogP contribution is -2.29. The van der Waals surface area contributed by atoms with Crippen LogP contribution in [0.3, 0.4) is 0 Å². The number of hydrogen-bond donors (Lipinski definition) is 0. The van der Waals surface area contributed by atoms with Crippen LogP contribution in [0.1, 0.15) is 45.4 Å². The molecule has 0 radical (unpaired) electrons. The highest BCUT2D eigenvalue weighted by molar-refractivity contribution is 5.91. The molecule has 0 N–H and O–H groups in total. The maximum Gasteiger partial charge on any atom is 0.155 e. The van der Waals surface area contributed by atoms with Gasteiger partial charge in [-0.25, -0.2) is 0 Å². The van der Waals surface area contributed by atoms with Crippen molar-refractivity contribution in [1.82, 2.24) is 0 Å². The fraction of sp³-hybridized carbons (Fsp3) is 0.643. The number of hydrogen-bond acceptors (Lipinski definition) is 1. The van der Waals surface area contributed by atoms with Crippen LogP contribution in [0, 0.1) is 23.7 Å². The Balaban J connectivity index is 2.28. The van der Waals surface area contributed by atoms with Crippen LogP contribution in [0.25, 0.3) is 0 Å². The van der Waals surface area contributed by atoms with Crippen molar-refractivity contribution in [1.29, 1.82) is 0 Å². The number of rotatable bonds is 2. The second-order valence-electron chi connectivity index (χ2n) is 4.94. The quantitative estimate of drug-likeness (QED) is 0.629. The molecule has 0 spiro atoms. The Morgan fingerprint density at radius 2 is 2.40 bits per heavy atom. The van der Waals surface area contributed by atoms with Crippen LogP contribution in [0.15, 0.2) is 11.6 Å². The van der Waals surface area contributed by atoms with E-state index in [2.05, 4.69) is 12.8 Å². The van der Waals surface area contributed by atoms with E-state index in [1.165, 1.54) is 12.0 Å². The zero-order chi connectivity index (χ0) is 10.9. The molecule has 0 aromatic rings. The largest absolute Gasteiger partial charge is 0.295 e. The molecule has 1 fully saturated rings. The van der Waals surface area contributed by atoms with Gasteiger partial charge in [-0.2, -0.15) is 0 Å². The molecule has 0 aliphatic heterocycles. The zero-order valence-corrected chi connectivity index (χ0v) is 9.38. The van der Waals surface area contributed by atoms with Gasteiger partial charge in [0.05, 0.1) is 0 Å². The number of fused-ring (bicyclic) bond motifs is 1. The van der Waals surface area contributed by atoms with E-state index in [1.807, 2.05) is 6.08 Å². The van der Waals surface area contributed by atoms with Crippen molar-refractivity contribution in [3.8, 4) is 12.3 Å². The zero-order valence-electron chi connectivity index (χ0n) is 9.38. The van der Waals surface area contributed by atoms with Crippen LogP contribution in [0.2, 0.25) is 0 Å². The van der Waals surface area contributed by atoms with Gasteiger partial charge in [0, 0.05) is 12.8 Å². The van der Waals surface area contributed by atoms with Gasteiger partial charge in [-0.1, -0.05) is 12.5 Å². The highest BCUT2D eigenvalue weighted by atomic mass is 16.1. The number of allylic oxidation sites excluding steroid dienone is 2. The minimum absolute atomic E-state index is 0.278. The van der Waals surface area contributed by atoms with Gasteiger partial charge in [0.25, 0.3) is 0 Å². The Morgan fingerprint density at radius 1 is 1.60 bits per heavy atom. The lowest BCUT2D eigenvalue weighted by molar-refractivity contribution is -0.115. The van der Waals surface area contributed by atoms with E-state index < -0.39 is 0 Å². The average molecular weight is 202 g/mol. The normalized spacial score (nSPS) is 34.5. The molecule has 2 aliphatic rings. The molecule has 0 amide bonds. The maximum absolute atomic E-state index is 11.4. The van der Waals surface area contributed by atoms with Crippen molar-refractivity contribution in [2.24, 2.45) is 11.3 Å². The van der Waals surface area contributed by atoms with Crippen molar-refractivity contribution >= 4 is 5.78 Å². The molecule has 0 unspecified atom stereocenters. The summed E-state index contributed by atoms with van der Waals surface area (Å²) in [5, 5.41) is 0. The monoisotopic (exact) mass is 202 g/mol. The third kappa shape index (κ3) is 1.63. The first kappa shape index (κ1) is 10.5. The lowest BCUT2D eigenvalue weighted by atomic mass is 9.66. The SMILES string of the molecule is C#CCC[C@@]12CCC(=O)C=C1CC[C@H]2C. The Labute approximate surface area is 91.9 Å². The Kier molecular flexibility index (Phi) is 2.69. The van der Waals surface area contributed by atoms with Crippen molar-refractivity contribution in [2.75, 3.05) is 0 Å². The van der Waals surface area contributed by atoms with E-state index in [0.717, 1.165) is 32.1 Å². The summed E-state index contributed by atoms with van der Waals surface area (Å²) >= 11 is 0. The summed E-state index contributed by atoms with van der Waals surface area (Å²) in [5.41, 5.74) is 1.67. The van der Waals surface area contributed by atoms with E-state index in [1.54, 1.807) is 0 Å². The van der Waals surface area contributed by atoms with Crippen molar-refractivity contribution in [2.45, 2.75) is 45.4 Å². The second-order valence-corrected chi connectivity index (χ2v) is 4.94. The van der Waals surface area contributed by atoms with Crippen LogP contribution in [0.4, 0.5) is 0 Å². The molecule has 1 nitrogen and oxygen atoms in total. The van der Waals surface area contributed by atoms with Crippen molar-refractivity contribution in [3.05, 3.63) is 11.6 Å². The van der Waals surface area contributed by atoms with Crippen LogP contribution in [0.5, 0.6) is 0 Å². The number of terminal acetylenes is 1. The Bertz CT molecular complexity index is 345. The molecular formula is C14H18O. The molecule has 2 atom stereocenters. The average Bonchev–Trinajstić information content (AvgIpc) is 2.54. The number of ketones is 1. The second kappa shape index (κ2) is 3.85. The van der Waals surface area contributed by atoms with Gasteiger partial charge in [0.15, 0.2) is 5.78 Å². The van der Waals surface area contributed by atoms with Crippen LogP contribution in [-0.4, -0.2) is 5.78 Å². The first-order valence-electron chi connectivity index (χ1n) is 5.86. The molecule has 2 aliphatic carbocycles. The first-order valence-corrected chi connectivity index (χ1v) is 5.86. The summed E-state index contributed by atoms with van der Waals surface area (Å²) in [7, 11) is 0. The van der Waals surface area contributed by atoms with Gasteiger partial charge in [-0.05, 0) is 43.1 Å². The highest BCUT2D eigenvalue weighted by Crippen LogP contribution is 2.55. The summed E-state index contributed by atoms with van der Waals surface area (Å²) < 4.78 is 0. The van der Waals surface area contributed by atoms with Crippen molar-refractivity contribution < 1.29 is 4.79 Å². The third-order valence-electron chi connectivity index (χ3n) is 4.30. The molecule has 2 rings (SSSR count). The van der Waals surface area contributed by atoms with Gasteiger partial charge in [-0.15, -0.1) is 12.3 Å². The first-order chi connectivity index (χ1) is 7.19. The molecule has 1 saturated carbocycles. The molecule has 0 heterocycles. The van der Waals surface area contributed by atoms with Gasteiger partial charge < -0.3 is 0 Å². The Morgan fingerprint density at radius 3 is 3.13 bits per heavy atom. The fourth-order valence-corrected chi connectivity index (χ4v) is 3.28. The fourth-order valence-electron chi connectivity index (χ4n) is 3.28. The van der Waals surface area contributed by atoms with Gasteiger partial charge in [-0.3, -0.25) is 4.79 Å². The van der Waals surface area contributed by atoms with E-state index >= 15 is 0 Å². The summed E-state index contributed by atoms with van der Waals surface area (Å²) in [6.45, 7) is 2.31. The van der Waals surface area contributed by atoms with E-state index in [9.17, 15) is 4.79 Å². The topological polar surface area (TPSA) is 17.1 Å².